The van der Waals surface area contributed by atoms with E-state index in [9.17, 15) is 4.79 Å². The molecule has 7 nitrogen and oxygen atoms in total. The Morgan fingerprint density at radius 2 is 2.47 bits per heavy atom. The number of imidazole rings is 1. The van der Waals surface area contributed by atoms with Gasteiger partial charge in [-0.25, -0.2) is 4.98 Å². The van der Waals surface area contributed by atoms with Crippen molar-refractivity contribution in [2.75, 3.05) is 5.73 Å². The van der Waals surface area contributed by atoms with Crippen molar-refractivity contribution in [3.8, 4) is 0 Å². The largest absolute Gasteiger partial charge is 0.396 e. The van der Waals surface area contributed by atoms with E-state index in [1.165, 1.54) is 0 Å². The van der Waals surface area contributed by atoms with Gasteiger partial charge >= 0.3 is 0 Å². The number of rotatable bonds is 4. The lowest BCUT2D eigenvalue weighted by molar-refractivity contribution is 0.0945. The van der Waals surface area contributed by atoms with Crippen molar-refractivity contribution in [3.05, 3.63) is 30.1 Å². The summed E-state index contributed by atoms with van der Waals surface area (Å²) in [5.41, 5.74) is 7.17. The number of hydrogen-bond acceptors (Lipinski definition) is 4. The maximum absolute atomic E-state index is 11.8. The minimum absolute atomic E-state index is 0.256. The van der Waals surface area contributed by atoms with Gasteiger partial charge in [0.25, 0.3) is 5.91 Å². The maximum atomic E-state index is 11.8. The first-order valence-electron chi connectivity index (χ1n) is 5.29. The summed E-state index contributed by atoms with van der Waals surface area (Å²) in [6, 6.07) is 0. The van der Waals surface area contributed by atoms with E-state index in [2.05, 4.69) is 20.4 Å². The molecule has 7 heteroatoms. The van der Waals surface area contributed by atoms with Crippen LogP contribution in [0.15, 0.2) is 18.7 Å². The monoisotopic (exact) mass is 234 g/mol. The summed E-state index contributed by atoms with van der Waals surface area (Å²) in [4.78, 5) is 18.5. The molecule has 0 aliphatic carbocycles. The molecule has 0 aliphatic rings. The van der Waals surface area contributed by atoms with E-state index >= 15 is 0 Å². The first kappa shape index (κ1) is 11.2. The van der Waals surface area contributed by atoms with Crippen LogP contribution in [0.2, 0.25) is 0 Å². The molecule has 2 heterocycles. The van der Waals surface area contributed by atoms with E-state index in [0.29, 0.717) is 18.8 Å². The van der Waals surface area contributed by atoms with E-state index in [-0.39, 0.29) is 11.6 Å². The summed E-state index contributed by atoms with van der Waals surface area (Å²) in [7, 11) is 0. The summed E-state index contributed by atoms with van der Waals surface area (Å²) >= 11 is 0. The number of hydrogen-bond donors (Lipinski definition) is 3. The van der Waals surface area contributed by atoms with Crippen molar-refractivity contribution < 1.29 is 4.79 Å². The maximum Gasteiger partial charge on any atom is 0.274 e. The zero-order valence-electron chi connectivity index (χ0n) is 9.47. The van der Waals surface area contributed by atoms with Crippen molar-refractivity contribution in [3.63, 3.8) is 0 Å². The van der Waals surface area contributed by atoms with Crippen LogP contribution in [0.1, 0.15) is 23.1 Å². The second-order valence-electron chi connectivity index (χ2n) is 3.55. The highest BCUT2D eigenvalue weighted by Crippen LogP contribution is 2.08. The number of nitrogens with zero attached hydrogens (tertiary/aromatic N) is 3. The molecule has 2 aromatic rings. The zero-order valence-corrected chi connectivity index (χ0v) is 9.47. The molecule has 0 saturated heterocycles. The smallest absolute Gasteiger partial charge is 0.274 e. The fourth-order valence-corrected chi connectivity index (χ4v) is 1.42. The van der Waals surface area contributed by atoms with Crippen LogP contribution >= 0.6 is 0 Å². The van der Waals surface area contributed by atoms with E-state index in [1.54, 1.807) is 23.4 Å². The third kappa shape index (κ3) is 2.44. The van der Waals surface area contributed by atoms with Crippen LogP contribution in [0.4, 0.5) is 5.69 Å². The molecule has 0 atom stereocenters. The molecule has 0 unspecified atom stereocenters. The van der Waals surface area contributed by atoms with Crippen LogP contribution in [-0.4, -0.2) is 25.7 Å². The van der Waals surface area contributed by atoms with Gasteiger partial charge in [0.05, 0.1) is 24.3 Å². The number of carbonyl (C=O) groups excluding carboxylic acids is 1. The van der Waals surface area contributed by atoms with Gasteiger partial charge in [-0.15, -0.1) is 0 Å². The molecular formula is C10H14N6O. The Balaban J connectivity index is 2.01. The molecule has 0 radical (unpaired) electrons. The lowest BCUT2D eigenvalue weighted by Gasteiger charge is -2.01. The van der Waals surface area contributed by atoms with Crippen molar-refractivity contribution in [1.82, 2.24) is 25.1 Å². The number of nitrogens with two attached hydrogens (primary N) is 1. The lowest BCUT2D eigenvalue weighted by Crippen LogP contribution is -2.24. The Hall–Kier alpha value is -2.31. The number of anilines is 1. The first-order valence-corrected chi connectivity index (χ1v) is 5.29. The van der Waals surface area contributed by atoms with E-state index in [0.717, 1.165) is 5.69 Å². The van der Waals surface area contributed by atoms with Gasteiger partial charge in [0, 0.05) is 18.9 Å². The molecule has 2 aromatic heterocycles. The number of aromatic amines is 1. The predicted octanol–water partition coefficient (Wildman–Crippen LogP) is 0.138. The van der Waals surface area contributed by atoms with E-state index in [1.807, 2.05) is 6.92 Å². The molecular weight excluding hydrogens is 220 g/mol. The van der Waals surface area contributed by atoms with Gasteiger partial charge in [-0.1, -0.05) is 0 Å². The first-order chi connectivity index (χ1) is 8.20. The standard InChI is InChI=1S/C10H14N6O/c1-2-16-5-8(11)9(15-16)10(17)13-4-7-3-12-6-14-7/h3,5-6H,2,4,11H2,1H3,(H,12,14)(H,13,17). The summed E-state index contributed by atoms with van der Waals surface area (Å²) in [6.07, 6.45) is 4.85. The second kappa shape index (κ2) is 4.69. The Morgan fingerprint density at radius 3 is 3.06 bits per heavy atom. The van der Waals surface area contributed by atoms with Gasteiger partial charge in [0.15, 0.2) is 5.69 Å². The number of aromatic nitrogens is 4. The van der Waals surface area contributed by atoms with Crippen LogP contribution in [0.3, 0.4) is 0 Å². The fourth-order valence-electron chi connectivity index (χ4n) is 1.42. The normalized spacial score (nSPS) is 10.4. The fraction of sp³-hybridized carbons (Fsp3) is 0.300. The van der Waals surface area contributed by atoms with Crippen LogP contribution in [-0.2, 0) is 13.1 Å². The summed E-state index contributed by atoms with van der Waals surface area (Å²) in [6.45, 7) is 2.98. The Morgan fingerprint density at radius 1 is 1.65 bits per heavy atom. The minimum atomic E-state index is -0.288. The molecule has 0 aromatic carbocycles. The molecule has 4 N–H and O–H groups in total. The van der Waals surface area contributed by atoms with Gasteiger partial charge in [0.1, 0.15) is 0 Å². The Kier molecular flexibility index (Phi) is 3.08. The van der Waals surface area contributed by atoms with Gasteiger partial charge < -0.3 is 16.0 Å². The van der Waals surface area contributed by atoms with Gasteiger partial charge in [-0.2, -0.15) is 5.10 Å². The quantitative estimate of drug-likeness (QED) is 0.700. The Labute approximate surface area is 98.0 Å². The number of aryl methyl sites for hydroxylation is 1. The number of nitrogen functional groups attached to an aromatic ring is 1. The SMILES string of the molecule is CCn1cc(N)c(C(=O)NCc2cnc[nH]2)n1. The molecule has 1 amide bonds. The molecule has 0 aliphatic heterocycles. The van der Waals surface area contributed by atoms with Crippen LogP contribution < -0.4 is 11.1 Å². The van der Waals surface area contributed by atoms with Crippen molar-refractivity contribution in [1.29, 1.82) is 0 Å². The third-order valence-corrected chi connectivity index (χ3v) is 2.32. The van der Waals surface area contributed by atoms with Crippen molar-refractivity contribution in [2.45, 2.75) is 20.0 Å². The third-order valence-electron chi connectivity index (χ3n) is 2.32. The highest BCUT2D eigenvalue weighted by molar-refractivity contribution is 5.96. The average molecular weight is 234 g/mol. The van der Waals surface area contributed by atoms with Gasteiger partial charge in [-0.05, 0) is 6.92 Å². The van der Waals surface area contributed by atoms with Crippen molar-refractivity contribution in [2.24, 2.45) is 0 Å². The van der Waals surface area contributed by atoms with E-state index in [4.69, 9.17) is 5.73 Å². The second-order valence-corrected chi connectivity index (χ2v) is 3.55. The molecule has 0 fully saturated rings. The number of amides is 1. The number of nitrogens with one attached hydrogen (secondary N) is 2. The highest BCUT2D eigenvalue weighted by Gasteiger charge is 2.14. The average Bonchev–Trinajstić information content (AvgIpc) is 2.94. The Bertz CT molecular complexity index is 501. The minimum Gasteiger partial charge on any atom is -0.396 e. The molecule has 0 bridgehead atoms. The van der Waals surface area contributed by atoms with E-state index < -0.39 is 0 Å². The van der Waals surface area contributed by atoms with Gasteiger partial charge in [-0.3, -0.25) is 9.48 Å². The van der Waals surface area contributed by atoms with Gasteiger partial charge in [0.2, 0.25) is 0 Å². The molecule has 90 valence electrons. The van der Waals surface area contributed by atoms with Crippen LogP contribution in [0.5, 0.6) is 0 Å². The number of carbonyl (C=O) groups is 1. The zero-order chi connectivity index (χ0) is 12.3. The molecule has 0 spiro atoms. The molecule has 17 heavy (non-hydrogen) atoms. The number of H-pyrrole nitrogens is 1. The summed E-state index contributed by atoms with van der Waals surface area (Å²) in [5.74, 6) is -0.288. The molecule has 2 rings (SSSR count). The topological polar surface area (TPSA) is 102 Å². The molecule has 0 saturated carbocycles. The van der Waals surface area contributed by atoms with Crippen LogP contribution in [0.25, 0.3) is 0 Å². The van der Waals surface area contributed by atoms with Crippen LogP contribution in [0, 0.1) is 0 Å². The lowest BCUT2D eigenvalue weighted by atomic mass is 10.3. The summed E-state index contributed by atoms with van der Waals surface area (Å²) < 4.78 is 1.63. The summed E-state index contributed by atoms with van der Waals surface area (Å²) in [5, 5.41) is 6.80. The highest BCUT2D eigenvalue weighted by atomic mass is 16.2. The van der Waals surface area contributed by atoms with Crippen molar-refractivity contribution >= 4 is 11.6 Å². The predicted molar refractivity (Wildman–Crippen MR) is 62.1 cm³/mol.